The van der Waals surface area contributed by atoms with Crippen molar-refractivity contribution in [2.24, 2.45) is 0 Å². The van der Waals surface area contributed by atoms with Gasteiger partial charge in [0.05, 0.1) is 12.1 Å². The molecule has 23 heavy (non-hydrogen) atoms. The number of fused-ring (bicyclic) bond motifs is 3. The maximum atomic E-state index is 12.9. The molecule has 114 valence electrons. The summed E-state index contributed by atoms with van der Waals surface area (Å²) in [5.74, 6) is 0. The van der Waals surface area contributed by atoms with E-state index >= 15 is 0 Å². The molecule has 0 bridgehead atoms. The van der Waals surface area contributed by atoms with Crippen LogP contribution in [0.5, 0.6) is 0 Å². The standard InChI is InChI=1S/C18H14N2OS2/c1-11-6-8-12(9-7-11)10-20-17(21)16-15(19-18(20)22)13-4-2-3-5-14(13)23-16/h2-9H,10H2,1H3,(H,19,22). The van der Waals surface area contributed by atoms with Crippen molar-refractivity contribution < 1.29 is 0 Å². The Balaban J connectivity index is 1.94. The van der Waals surface area contributed by atoms with Crippen molar-refractivity contribution in [1.29, 1.82) is 0 Å². The molecular weight excluding hydrogens is 324 g/mol. The number of H-pyrrole nitrogens is 1. The first-order chi connectivity index (χ1) is 11.1. The third kappa shape index (κ3) is 2.42. The van der Waals surface area contributed by atoms with Gasteiger partial charge in [-0.15, -0.1) is 11.3 Å². The minimum Gasteiger partial charge on any atom is -0.330 e. The van der Waals surface area contributed by atoms with E-state index in [9.17, 15) is 4.79 Å². The first-order valence-electron chi connectivity index (χ1n) is 7.33. The number of thiophene rings is 1. The number of nitrogens with zero attached hydrogens (tertiary/aromatic N) is 1. The molecule has 2 aromatic carbocycles. The molecule has 0 radical (unpaired) electrons. The van der Waals surface area contributed by atoms with Gasteiger partial charge in [-0.1, -0.05) is 48.0 Å². The summed E-state index contributed by atoms with van der Waals surface area (Å²) in [5, 5.41) is 1.05. The molecule has 0 aliphatic rings. The Morgan fingerprint density at radius 1 is 1.13 bits per heavy atom. The topological polar surface area (TPSA) is 37.8 Å². The van der Waals surface area contributed by atoms with E-state index in [0.717, 1.165) is 25.9 Å². The summed E-state index contributed by atoms with van der Waals surface area (Å²) in [5.41, 5.74) is 3.09. The van der Waals surface area contributed by atoms with E-state index in [0.29, 0.717) is 11.3 Å². The summed E-state index contributed by atoms with van der Waals surface area (Å²) >= 11 is 6.95. The SMILES string of the molecule is Cc1ccc(Cn2c(=S)[nH]c3c(sc4ccccc43)c2=O)cc1. The molecule has 0 saturated heterocycles. The number of hydrogen-bond donors (Lipinski definition) is 1. The molecule has 0 amide bonds. The molecular formula is C18H14N2OS2. The highest BCUT2D eigenvalue weighted by molar-refractivity contribution is 7.71. The van der Waals surface area contributed by atoms with Crippen LogP contribution in [0.3, 0.4) is 0 Å². The number of nitrogens with one attached hydrogen (secondary N) is 1. The number of benzene rings is 2. The van der Waals surface area contributed by atoms with Crippen LogP contribution < -0.4 is 5.56 Å². The van der Waals surface area contributed by atoms with Crippen LogP contribution >= 0.6 is 23.6 Å². The van der Waals surface area contributed by atoms with E-state index < -0.39 is 0 Å². The predicted octanol–water partition coefficient (Wildman–Crippen LogP) is 4.63. The number of aryl methyl sites for hydroxylation is 1. The summed E-state index contributed by atoms with van der Waals surface area (Å²) in [6.45, 7) is 2.53. The van der Waals surface area contributed by atoms with Crippen molar-refractivity contribution in [2.75, 3.05) is 0 Å². The zero-order valence-corrected chi connectivity index (χ0v) is 14.1. The summed E-state index contributed by atoms with van der Waals surface area (Å²) in [7, 11) is 0. The fourth-order valence-corrected chi connectivity index (χ4v) is 4.09. The Hall–Kier alpha value is -2.24. The predicted molar refractivity (Wildman–Crippen MR) is 99.1 cm³/mol. The number of rotatable bonds is 2. The first kappa shape index (κ1) is 14.4. The maximum Gasteiger partial charge on any atom is 0.272 e. The van der Waals surface area contributed by atoms with Gasteiger partial charge in [-0.05, 0) is 30.8 Å². The van der Waals surface area contributed by atoms with Gasteiger partial charge >= 0.3 is 0 Å². The second-order valence-electron chi connectivity index (χ2n) is 5.61. The Morgan fingerprint density at radius 2 is 1.87 bits per heavy atom. The van der Waals surface area contributed by atoms with Crippen LogP contribution in [0.4, 0.5) is 0 Å². The monoisotopic (exact) mass is 338 g/mol. The van der Waals surface area contributed by atoms with Gasteiger partial charge in [-0.25, -0.2) is 0 Å². The van der Waals surface area contributed by atoms with Gasteiger partial charge in [0.1, 0.15) is 4.70 Å². The molecule has 0 spiro atoms. The highest BCUT2D eigenvalue weighted by Gasteiger charge is 2.12. The van der Waals surface area contributed by atoms with Gasteiger partial charge in [0.25, 0.3) is 5.56 Å². The quantitative estimate of drug-likeness (QED) is 0.541. The highest BCUT2D eigenvalue weighted by Crippen LogP contribution is 2.29. The molecule has 0 fully saturated rings. The van der Waals surface area contributed by atoms with E-state index in [1.165, 1.54) is 16.9 Å². The lowest BCUT2D eigenvalue weighted by Crippen LogP contribution is -2.21. The molecule has 0 atom stereocenters. The summed E-state index contributed by atoms with van der Waals surface area (Å²) in [6.07, 6.45) is 0. The van der Waals surface area contributed by atoms with Gasteiger partial charge in [0.2, 0.25) is 0 Å². The van der Waals surface area contributed by atoms with Gasteiger partial charge < -0.3 is 4.98 Å². The van der Waals surface area contributed by atoms with Crippen molar-refractivity contribution >= 4 is 43.9 Å². The normalized spacial score (nSPS) is 11.3. The van der Waals surface area contributed by atoms with Gasteiger partial charge in [0, 0.05) is 10.1 Å². The zero-order valence-electron chi connectivity index (χ0n) is 12.5. The first-order valence-corrected chi connectivity index (χ1v) is 8.56. The fourth-order valence-electron chi connectivity index (χ4n) is 2.73. The molecule has 0 saturated carbocycles. The molecule has 0 aliphatic heterocycles. The van der Waals surface area contributed by atoms with E-state index in [1.54, 1.807) is 4.57 Å². The molecule has 5 heteroatoms. The second kappa shape index (κ2) is 5.44. The maximum absolute atomic E-state index is 12.9. The van der Waals surface area contributed by atoms with Crippen LogP contribution in [0.1, 0.15) is 11.1 Å². The Morgan fingerprint density at radius 3 is 2.65 bits per heavy atom. The molecule has 2 aromatic heterocycles. The largest absolute Gasteiger partial charge is 0.330 e. The Kier molecular flexibility index (Phi) is 3.39. The van der Waals surface area contributed by atoms with Crippen molar-refractivity contribution in [3.05, 3.63) is 74.8 Å². The molecule has 4 aromatic rings. The second-order valence-corrected chi connectivity index (χ2v) is 7.05. The van der Waals surface area contributed by atoms with Crippen molar-refractivity contribution in [1.82, 2.24) is 9.55 Å². The van der Waals surface area contributed by atoms with Crippen molar-refractivity contribution in [3.63, 3.8) is 0 Å². The van der Waals surface area contributed by atoms with Gasteiger partial charge in [-0.2, -0.15) is 0 Å². The van der Waals surface area contributed by atoms with Gasteiger partial charge in [0.15, 0.2) is 4.77 Å². The average Bonchev–Trinajstić information content (AvgIpc) is 2.92. The van der Waals surface area contributed by atoms with E-state index in [2.05, 4.69) is 4.98 Å². The lowest BCUT2D eigenvalue weighted by molar-refractivity contribution is 0.736. The molecule has 4 rings (SSSR count). The zero-order chi connectivity index (χ0) is 16.0. The number of aromatic amines is 1. The van der Waals surface area contributed by atoms with Crippen LogP contribution in [0.15, 0.2) is 53.3 Å². The van der Waals surface area contributed by atoms with E-state index in [1.807, 2.05) is 55.5 Å². The number of hydrogen-bond acceptors (Lipinski definition) is 3. The summed E-state index contributed by atoms with van der Waals surface area (Å²) < 4.78 is 3.93. The van der Waals surface area contributed by atoms with Crippen LogP contribution in [-0.4, -0.2) is 9.55 Å². The minimum absolute atomic E-state index is 0.0227. The molecule has 0 unspecified atom stereocenters. The van der Waals surface area contributed by atoms with Crippen LogP contribution in [0.2, 0.25) is 0 Å². The highest BCUT2D eigenvalue weighted by atomic mass is 32.1. The molecule has 2 heterocycles. The van der Waals surface area contributed by atoms with Crippen molar-refractivity contribution in [3.8, 4) is 0 Å². The lowest BCUT2D eigenvalue weighted by Gasteiger charge is -2.07. The number of aromatic nitrogens is 2. The molecule has 0 aliphatic carbocycles. The van der Waals surface area contributed by atoms with Crippen LogP contribution in [0.25, 0.3) is 20.3 Å². The third-order valence-corrected chi connectivity index (χ3v) is 5.45. The summed E-state index contributed by atoms with van der Waals surface area (Å²) in [4.78, 5) is 16.1. The van der Waals surface area contributed by atoms with Crippen LogP contribution in [-0.2, 0) is 6.54 Å². The van der Waals surface area contributed by atoms with E-state index in [4.69, 9.17) is 12.2 Å². The average molecular weight is 338 g/mol. The fraction of sp³-hybridized carbons (Fsp3) is 0.111. The molecule has 3 nitrogen and oxygen atoms in total. The van der Waals surface area contributed by atoms with Crippen molar-refractivity contribution in [2.45, 2.75) is 13.5 Å². The Bertz CT molecular complexity index is 1130. The minimum atomic E-state index is -0.0227. The summed E-state index contributed by atoms with van der Waals surface area (Å²) in [6, 6.07) is 16.2. The Labute approximate surface area is 141 Å². The third-order valence-electron chi connectivity index (χ3n) is 3.97. The van der Waals surface area contributed by atoms with E-state index in [-0.39, 0.29) is 5.56 Å². The smallest absolute Gasteiger partial charge is 0.272 e. The van der Waals surface area contributed by atoms with Crippen LogP contribution in [0, 0.1) is 11.7 Å². The molecule has 1 N–H and O–H groups in total. The lowest BCUT2D eigenvalue weighted by atomic mass is 10.1. The van der Waals surface area contributed by atoms with Gasteiger partial charge in [-0.3, -0.25) is 9.36 Å².